The predicted molar refractivity (Wildman–Crippen MR) is 39.7 cm³/mol. The van der Waals surface area contributed by atoms with Gasteiger partial charge in [0.15, 0.2) is 5.82 Å². The summed E-state index contributed by atoms with van der Waals surface area (Å²) in [7, 11) is 0. The number of ketones is 1. The number of nitrogen functional groups attached to an aromatic ring is 1. The molecule has 11 heavy (non-hydrogen) atoms. The number of rotatable bonds is 3. The van der Waals surface area contributed by atoms with Crippen molar-refractivity contribution in [1.82, 2.24) is 15.0 Å². The van der Waals surface area contributed by atoms with Crippen molar-refractivity contribution in [2.45, 2.75) is 19.9 Å². The van der Waals surface area contributed by atoms with E-state index in [2.05, 4.69) is 10.3 Å². The summed E-state index contributed by atoms with van der Waals surface area (Å²) in [6.07, 6.45) is 2.08. The van der Waals surface area contributed by atoms with Crippen LogP contribution in [-0.4, -0.2) is 20.8 Å². The van der Waals surface area contributed by atoms with E-state index in [1.807, 2.05) is 0 Å². The van der Waals surface area contributed by atoms with Crippen LogP contribution in [-0.2, 0) is 11.3 Å². The molecule has 0 saturated carbocycles. The van der Waals surface area contributed by atoms with Crippen LogP contribution in [0.25, 0.3) is 0 Å². The van der Waals surface area contributed by atoms with Gasteiger partial charge in [0.1, 0.15) is 5.78 Å². The van der Waals surface area contributed by atoms with Gasteiger partial charge in [-0.25, -0.2) is 4.68 Å². The van der Waals surface area contributed by atoms with Gasteiger partial charge in [0, 0.05) is 13.0 Å². The Kier molecular flexibility index (Phi) is 2.20. The average Bonchev–Trinajstić information content (AvgIpc) is 2.31. The van der Waals surface area contributed by atoms with Crippen LogP contribution in [0.5, 0.6) is 0 Å². The first-order chi connectivity index (χ1) is 5.18. The Bertz CT molecular complexity index is 255. The highest BCUT2D eigenvalue weighted by atomic mass is 16.1. The quantitative estimate of drug-likeness (QED) is 0.656. The standard InChI is InChI=1S/C6H10N4O/c1-5(11)2-3-10-4-6(7)8-9-10/h4H,2-3,7H2,1H3. The van der Waals surface area contributed by atoms with E-state index in [0.717, 1.165) is 0 Å². The number of Topliss-reactive ketones (excluding diaryl/α,β-unsaturated/α-hetero) is 1. The summed E-state index contributed by atoms with van der Waals surface area (Å²) in [5, 5.41) is 7.25. The molecule has 60 valence electrons. The maximum absolute atomic E-state index is 10.5. The van der Waals surface area contributed by atoms with Crippen LogP contribution >= 0.6 is 0 Å². The first-order valence-corrected chi connectivity index (χ1v) is 3.33. The molecule has 1 rings (SSSR count). The average molecular weight is 154 g/mol. The molecule has 0 bridgehead atoms. The number of anilines is 1. The number of nitrogens with zero attached hydrogens (tertiary/aromatic N) is 3. The van der Waals surface area contributed by atoms with Crippen LogP contribution in [0.1, 0.15) is 13.3 Å². The van der Waals surface area contributed by atoms with Gasteiger partial charge in [-0.2, -0.15) is 0 Å². The number of nitrogens with two attached hydrogens (primary N) is 1. The third-order valence-electron chi connectivity index (χ3n) is 1.25. The molecular formula is C6H10N4O. The fourth-order valence-electron chi connectivity index (χ4n) is 0.695. The molecule has 0 saturated heterocycles. The SMILES string of the molecule is CC(=O)CCn1cc(N)nn1. The van der Waals surface area contributed by atoms with Gasteiger partial charge in [-0.05, 0) is 6.92 Å². The van der Waals surface area contributed by atoms with E-state index >= 15 is 0 Å². The van der Waals surface area contributed by atoms with Crippen LogP contribution in [0, 0.1) is 0 Å². The molecule has 0 fully saturated rings. The van der Waals surface area contributed by atoms with Gasteiger partial charge < -0.3 is 5.73 Å². The van der Waals surface area contributed by atoms with Gasteiger partial charge in [0.2, 0.25) is 0 Å². The van der Waals surface area contributed by atoms with Crippen LogP contribution in [0.2, 0.25) is 0 Å². The highest BCUT2D eigenvalue weighted by Crippen LogP contribution is 1.94. The zero-order chi connectivity index (χ0) is 8.27. The number of hydrogen-bond donors (Lipinski definition) is 1. The molecule has 0 aliphatic carbocycles. The first-order valence-electron chi connectivity index (χ1n) is 3.33. The minimum atomic E-state index is 0.138. The van der Waals surface area contributed by atoms with Gasteiger partial charge in [0.25, 0.3) is 0 Å². The summed E-state index contributed by atoms with van der Waals surface area (Å²) >= 11 is 0. The molecule has 0 radical (unpaired) electrons. The molecule has 1 heterocycles. The van der Waals surface area contributed by atoms with Crippen LogP contribution in [0.3, 0.4) is 0 Å². The molecule has 0 aromatic carbocycles. The van der Waals surface area contributed by atoms with Crippen molar-refractivity contribution in [2.75, 3.05) is 5.73 Å². The Morgan fingerprint density at radius 1 is 1.82 bits per heavy atom. The minimum absolute atomic E-state index is 0.138. The predicted octanol–water partition coefficient (Wildman–Crippen LogP) is -0.161. The molecule has 1 aromatic rings. The molecule has 5 heteroatoms. The maximum Gasteiger partial charge on any atom is 0.165 e. The minimum Gasteiger partial charge on any atom is -0.381 e. The zero-order valence-corrected chi connectivity index (χ0v) is 6.32. The Morgan fingerprint density at radius 3 is 3.00 bits per heavy atom. The summed E-state index contributed by atoms with van der Waals surface area (Å²) in [5.74, 6) is 0.521. The lowest BCUT2D eigenvalue weighted by Crippen LogP contribution is -2.02. The monoisotopic (exact) mass is 154 g/mol. The molecule has 0 unspecified atom stereocenters. The number of hydrogen-bond acceptors (Lipinski definition) is 4. The highest BCUT2D eigenvalue weighted by Gasteiger charge is 1.97. The largest absolute Gasteiger partial charge is 0.381 e. The number of carbonyl (C=O) groups excluding carboxylic acids is 1. The second-order valence-electron chi connectivity index (χ2n) is 2.36. The van der Waals surface area contributed by atoms with E-state index in [1.54, 1.807) is 17.8 Å². The van der Waals surface area contributed by atoms with E-state index in [4.69, 9.17) is 5.73 Å². The van der Waals surface area contributed by atoms with Gasteiger partial charge in [-0.1, -0.05) is 5.21 Å². The molecule has 0 spiro atoms. The maximum atomic E-state index is 10.5. The molecule has 2 N–H and O–H groups in total. The number of carbonyl (C=O) groups is 1. The molecule has 0 amide bonds. The summed E-state index contributed by atoms with van der Waals surface area (Å²) in [4.78, 5) is 10.5. The van der Waals surface area contributed by atoms with E-state index in [1.165, 1.54) is 0 Å². The van der Waals surface area contributed by atoms with Crippen molar-refractivity contribution >= 4 is 11.6 Å². The van der Waals surface area contributed by atoms with Crippen LogP contribution < -0.4 is 5.73 Å². The van der Waals surface area contributed by atoms with E-state index in [0.29, 0.717) is 18.8 Å². The molecular weight excluding hydrogens is 144 g/mol. The summed E-state index contributed by atoms with van der Waals surface area (Å²) < 4.78 is 1.55. The third kappa shape index (κ3) is 2.37. The smallest absolute Gasteiger partial charge is 0.165 e. The van der Waals surface area contributed by atoms with Crippen molar-refractivity contribution < 1.29 is 4.79 Å². The van der Waals surface area contributed by atoms with Crippen molar-refractivity contribution in [2.24, 2.45) is 0 Å². The van der Waals surface area contributed by atoms with Crippen LogP contribution in [0.4, 0.5) is 5.82 Å². The zero-order valence-electron chi connectivity index (χ0n) is 6.32. The Labute approximate surface area is 64.2 Å². The van der Waals surface area contributed by atoms with Gasteiger partial charge in [0.05, 0.1) is 6.20 Å². The van der Waals surface area contributed by atoms with E-state index in [-0.39, 0.29) is 5.78 Å². The molecule has 0 atom stereocenters. The molecule has 0 aliphatic rings. The van der Waals surface area contributed by atoms with Crippen molar-refractivity contribution in [3.05, 3.63) is 6.20 Å². The Hall–Kier alpha value is -1.39. The van der Waals surface area contributed by atoms with E-state index in [9.17, 15) is 4.79 Å². The first kappa shape index (κ1) is 7.71. The fraction of sp³-hybridized carbons (Fsp3) is 0.500. The van der Waals surface area contributed by atoms with Gasteiger partial charge in [-0.15, -0.1) is 5.10 Å². The van der Waals surface area contributed by atoms with Gasteiger partial charge >= 0.3 is 0 Å². The molecule has 5 nitrogen and oxygen atoms in total. The lowest BCUT2D eigenvalue weighted by Gasteiger charge is -1.94. The van der Waals surface area contributed by atoms with Crippen molar-refractivity contribution in [3.63, 3.8) is 0 Å². The topological polar surface area (TPSA) is 73.8 Å². The second kappa shape index (κ2) is 3.14. The van der Waals surface area contributed by atoms with Crippen molar-refractivity contribution in [3.8, 4) is 0 Å². The summed E-state index contributed by atoms with van der Waals surface area (Å²) in [6, 6.07) is 0. The summed E-state index contributed by atoms with van der Waals surface area (Å²) in [5.41, 5.74) is 5.31. The third-order valence-corrected chi connectivity index (χ3v) is 1.25. The highest BCUT2D eigenvalue weighted by molar-refractivity contribution is 5.75. The summed E-state index contributed by atoms with van der Waals surface area (Å²) in [6.45, 7) is 2.10. The lowest BCUT2D eigenvalue weighted by atomic mass is 10.3. The van der Waals surface area contributed by atoms with E-state index < -0.39 is 0 Å². The molecule has 1 aromatic heterocycles. The normalized spacial score (nSPS) is 9.91. The second-order valence-corrected chi connectivity index (χ2v) is 2.36. The molecule has 0 aliphatic heterocycles. The lowest BCUT2D eigenvalue weighted by molar-refractivity contribution is -0.117. The van der Waals surface area contributed by atoms with Gasteiger partial charge in [-0.3, -0.25) is 4.79 Å². The van der Waals surface area contributed by atoms with Crippen LogP contribution in [0.15, 0.2) is 6.20 Å². The number of aryl methyl sites for hydroxylation is 1. The fourth-order valence-corrected chi connectivity index (χ4v) is 0.695. The van der Waals surface area contributed by atoms with Crippen molar-refractivity contribution in [1.29, 1.82) is 0 Å². The number of aromatic nitrogens is 3. The Balaban J connectivity index is 2.45. The Morgan fingerprint density at radius 2 is 2.55 bits per heavy atom.